The Morgan fingerprint density at radius 1 is 0.964 bits per heavy atom. The standard InChI is InChI=1S/C21H18N2O4S/c1-14-3-2-4-18(11-14)27-17-7-5-16(6-8-17)23-28(25,26)19-9-10-20-15(12-19)13-21(24)22-20/h2-12,23H,13H2,1H3,(H,22,24). The second-order valence-electron chi connectivity index (χ2n) is 6.59. The third kappa shape index (κ3) is 3.84. The van der Waals surface area contributed by atoms with Gasteiger partial charge in [-0.25, -0.2) is 8.42 Å². The van der Waals surface area contributed by atoms with Crippen molar-refractivity contribution in [2.45, 2.75) is 18.2 Å². The smallest absolute Gasteiger partial charge is 0.261 e. The van der Waals surface area contributed by atoms with E-state index >= 15 is 0 Å². The number of fused-ring (bicyclic) bond motifs is 1. The molecule has 1 amide bonds. The van der Waals surface area contributed by atoms with Gasteiger partial charge in [0.1, 0.15) is 11.5 Å². The Labute approximate surface area is 163 Å². The molecule has 1 heterocycles. The van der Waals surface area contributed by atoms with Gasteiger partial charge in [0.15, 0.2) is 0 Å². The van der Waals surface area contributed by atoms with Gasteiger partial charge >= 0.3 is 0 Å². The van der Waals surface area contributed by atoms with Crippen LogP contribution in [0, 0.1) is 6.92 Å². The summed E-state index contributed by atoms with van der Waals surface area (Å²) >= 11 is 0. The van der Waals surface area contributed by atoms with E-state index in [4.69, 9.17) is 4.74 Å². The number of carbonyl (C=O) groups is 1. The van der Waals surface area contributed by atoms with Crippen LogP contribution in [0.4, 0.5) is 11.4 Å². The zero-order valence-electron chi connectivity index (χ0n) is 15.1. The number of ether oxygens (including phenoxy) is 1. The van der Waals surface area contributed by atoms with E-state index in [0.29, 0.717) is 22.7 Å². The number of benzene rings is 3. The van der Waals surface area contributed by atoms with Crippen molar-refractivity contribution in [1.29, 1.82) is 0 Å². The lowest BCUT2D eigenvalue weighted by atomic mass is 10.2. The SMILES string of the molecule is Cc1cccc(Oc2ccc(NS(=O)(=O)c3ccc4c(c3)CC(=O)N4)cc2)c1. The zero-order valence-corrected chi connectivity index (χ0v) is 15.9. The highest BCUT2D eigenvalue weighted by Crippen LogP contribution is 2.28. The summed E-state index contributed by atoms with van der Waals surface area (Å²) in [6.45, 7) is 1.98. The Bertz CT molecular complexity index is 1160. The molecule has 3 aromatic carbocycles. The average Bonchev–Trinajstić information content (AvgIpc) is 3.02. The number of anilines is 2. The molecule has 0 saturated heterocycles. The minimum atomic E-state index is -3.76. The van der Waals surface area contributed by atoms with Crippen molar-refractivity contribution in [2.75, 3.05) is 10.0 Å². The summed E-state index contributed by atoms with van der Waals surface area (Å²) in [7, 11) is -3.76. The number of carbonyl (C=O) groups excluding carboxylic acids is 1. The van der Waals surface area contributed by atoms with Gasteiger partial charge in [-0.3, -0.25) is 9.52 Å². The zero-order chi connectivity index (χ0) is 19.7. The summed E-state index contributed by atoms with van der Waals surface area (Å²) in [6.07, 6.45) is 0.184. The normalized spacial score (nSPS) is 13.0. The molecule has 0 atom stereocenters. The summed E-state index contributed by atoms with van der Waals surface area (Å²) in [5, 5.41) is 2.69. The Morgan fingerprint density at radius 2 is 1.75 bits per heavy atom. The molecule has 1 aliphatic rings. The lowest BCUT2D eigenvalue weighted by Gasteiger charge is -2.11. The maximum atomic E-state index is 12.6. The van der Waals surface area contributed by atoms with Gasteiger partial charge in [-0.15, -0.1) is 0 Å². The number of aryl methyl sites for hydroxylation is 1. The number of hydrogen-bond acceptors (Lipinski definition) is 4. The molecule has 0 radical (unpaired) electrons. The maximum Gasteiger partial charge on any atom is 0.261 e. The van der Waals surface area contributed by atoms with Crippen LogP contribution in [0.15, 0.2) is 71.6 Å². The maximum absolute atomic E-state index is 12.6. The van der Waals surface area contributed by atoms with Crippen molar-refractivity contribution in [3.63, 3.8) is 0 Å². The second-order valence-corrected chi connectivity index (χ2v) is 8.27. The van der Waals surface area contributed by atoms with Crippen molar-refractivity contribution in [2.24, 2.45) is 0 Å². The molecule has 7 heteroatoms. The topological polar surface area (TPSA) is 84.5 Å². The predicted octanol–water partition coefficient (Wildman–Crippen LogP) is 4.08. The summed E-state index contributed by atoms with van der Waals surface area (Å²) in [6, 6.07) is 18.9. The van der Waals surface area contributed by atoms with Crippen molar-refractivity contribution < 1.29 is 17.9 Å². The fourth-order valence-corrected chi connectivity index (χ4v) is 4.10. The first kappa shape index (κ1) is 18.1. The van der Waals surface area contributed by atoms with Crippen molar-refractivity contribution in [3.05, 3.63) is 77.9 Å². The largest absolute Gasteiger partial charge is 0.457 e. The van der Waals surface area contributed by atoms with Crippen LogP contribution in [0.25, 0.3) is 0 Å². The van der Waals surface area contributed by atoms with E-state index in [1.54, 1.807) is 30.3 Å². The number of amides is 1. The summed E-state index contributed by atoms with van der Waals surface area (Å²) in [5.41, 5.74) is 2.84. The van der Waals surface area contributed by atoms with Crippen LogP contribution in [0.1, 0.15) is 11.1 Å². The Morgan fingerprint density at radius 3 is 2.50 bits per heavy atom. The number of rotatable bonds is 5. The number of hydrogen-bond donors (Lipinski definition) is 2. The van der Waals surface area contributed by atoms with Gasteiger partial charge in [-0.2, -0.15) is 0 Å². The first-order valence-electron chi connectivity index (χ1n) is 8.69. The Hall–Kier alpha value is -3.32. The molecule has 0 bridgehead atoms. The van der Waals surface area contributed by atoms with Crippen LogP contribution in [-0.4, -0.2) is 14.3 Å². The highest BCUT2D eigenvalue weighted by Gasteiger charge is 2.21. The first-order chi connectivity index (χ1) is 13.4. The van der Waals surface area contributed by atoms with Crippen LogP contribution in [-0.2, 0) is 21.2 Å². The molecule has 142 valence electrons. The van der Waals surface area contributed by atoms with Gasteiger partial charge in [-0.05, 0) is 72.6 Å². The van der Waals surface area contributed by atoms with Crippen LogP contribution in [0.5, 0.6) is 11.5 Å². The summed E-state index contributed by atoms with van der Waals surface area (Å²) in [5.74, 6) is 1.19. The van der Waals surface area contributed by atoms with E-state index in [0.717, 1.165) is 11.3 Å². The predicted molar refractivity (Wildman–Crippen MR) is 107 cm³/mol. The lowest BCUT2D eigenvalue weighted by Crippen LogP contribution is -2.13. The fraction of sp³-hybridized carbons (Fsp3) is 0.0952. The van der Waals surface area contributed by atoms with E-state index < -0.39 is 10.0 Å². The molecule has 28 heavy (non-hydrogen) atoms. The van der Waals surface area contributed by atoms with Gasteiger partial charge in [0.25, 0.3) is 10.0 Å². The summed E-state index contributed by atoms with van der Waals surface area (Å²) < 4.78 is 33.6. The molecule has 2 N–H and O–H groups in total. The van der Waals surface area contributed by atoms with E-state index in [9.17, 15) is 13.2 Å². The number of sulfonamides is 1. The van der Waals surface area contributed by atoms with E-state index in [-0.39, 0.29) is 17.2 Å². The summed E-state index contributed by atoms with van der Waals surface area (Å²) in [4.78, 5) is 11.6. The third-order valence-corrected chi connectivity index (χ3v) is 5.72. The molecule has 0 fully saturated rings. The van der Waals surface area contributed by atoms with Crippen LogP contribution in [0.3, 0.4) is 0 Å². The first-order valence-corrected chi connectivity index (χ1v) is 10.2. The minimum absolute atomic E-state index is 0.114. The molecular formula is C21H18N2O4S. The van der Waals surface area contributed by atoms with Gasteiger partial charge in [0.2, 0.25) is 5.91 Å². The fourth-order valence-electron chi connectivity index (χ4n) is 2.99. The van der Waals surface area contributed by atoms with E-state index in [1.165, 1.54) is 12.1 Å². The average molecular weight is 394 g/mol. The Balaban J connectivity index is 1.49. The second kappa shape index (κ2) is 7.01. The monoisotopic (exact) mass is 394 g/mol. The van der Waals surface area contributed by atoms with E-state index in [2.05, 4.69) is 10.0 Å². The molecule has 0 unspecified atom stereocenters. The molecule has 0 spiro atoms. The molecule has 1 aliphatic heterocycles. The quantitative estimate of drug-likeness (QED) is 0.683. The lowest BCUT2D eigenvalue weighted by molar-refractivity contribution is -0.115. The molecule has 0 saturated carbocycles. The number of nitrogens with one attached hydrogen (secondary N) is 2. The van der Waals surface area contributed by atoms with E-state index in [1.807, 2.05) is 31.2 Å². The molecule has 3 aromatic rings. The molecule has 0 aromatic heterocycles. The van der Waals surface area contributed by atoms with Crippen molar-refractivity contribution in [1.82, 2.24) is 0 Å². The third-order valence-electron chi connectivity index (χ3n) is 4.34. The Kier molecular flexibility index (Phi) is 4.52. The highest BCUT2D eigenvalue weighted by atomic mass is 32.2. The van der Waals surface area contributed by atoms with Gasteiger partial charge in [0.05, 0.1) is 11.3 Å². The van der Waals surface area contributed by atoms with Crippen molar-refractivity contribution in [3.8, 4) is 11.5 Å². The van der Waals surface area contributed by atoms with Crippen molar-refractivity contribution >= 4 is 27.3 Å². The van der Waals surface area contributed by atoms with Crippen LogP contribution in [0.2, 0.25) is 0 Å². The van der Waals surface area contributed by atoms with Gasteiger partial charge < -0.3 is 10.1 Å². The molecule has 4 rings (SSSR count). The minimum Gasteiger partial charge on any atom is -0.457 e. The molecule has 6 nitrogen and oxygen atoms in total. The highest BCUT2D eigenvalue weighted by molar-refractivity contribution is 7.92. The molecular weight excluding hydrogens is 376 g/mol. The van der Waals surface area contributed by atoms with Crippen LogP contribution >= 0.6 is 0 Å². The molecule has 0 aliphatic carbocycles. The van der Waals surface area contributed by atoms with Crippen LogP contribution < -0.4 is 14.8 Å². The van der Waals surface area contributed by atoms with Gasteiger partial charge in [0, 0.05) is 11.4 Å². The van der Waals surface area contributed by atoms with Gasteiger partial charge in [-0.1, -0.05) is 12.1 Å².